The van der Waals surface area contributed by atoms with Gasteiger partial charge in [-0.3, -0.25) is 4.79 Å². The van der Waals surface area contributed by atoms with Gasteiger partial charge in [0.2, 0.25) is 5.91 Å². The van der Waals surface area contributed by atoms with Gasteiger partial charge < -0.3 is 9.47 Å². The fourth-order valence-corrected chi connectivity index (χ4v) is 3.00. The van der Waals surface area contributed by atoms with E-state index in [0.29, 0.717) is 42.6 Å². The van der Waals surface area contributed by atoms with Gasteiger partial charge in [-0.1, -0.05) is 54.1 Å². The number of hydrogen-bond donors (Lipinski definition) is 1. The Hall–Kier alpha value is -3.31. The molecule has 0 aliphatic carbocycles. The van der Waals surface area contributed by atoms with Crippen molar-refractivity contribution in [1.82, 2.24) is 5.43 Å². The zero-order chi connectivity index (χ0) is 21.9. The topological polar surface area (TPSA) is 59.9 Å². The summed E-state index contributed by atoms with van der Waals surface area (Å²) < 4.78 is 11.6. The molecule has 1 N–H and O–H groups in total. The number of rotatable bonds is 10. The highest BCUT2D eigenvalue weighted by Gasteiger charge is 2.07. The highest BCUT2D eigenvalue weighted by molar-refractivity contribution is 6.30. The third kappa shape index (κ3) is 7.46. The predicted octanol–water partition coefficient (Wildman–Crippen LogP) is 5.40. The number of carbonyl (C=O) groups is 1. The summed E-state index contributed by atoms with van der Waals surface area (Å²) in [7, 11) is 0. The molecule has 0 atom stereocenters. The van der Waals surface area contributed by atoms with Crippen molar-refractivity contribution >= 4 is 23.7 Å². The van der Waals surface area contributed by atoms with Gasteiger partial charge in [0.05, 0.1) is 12.8 Å². The van der Waals surface area contributed by atoms with Gasteiger partial charge in [-0.05, 0) is 60.4 Å². The Balaban J connectivity index is 1.55. The summed E-state index contributed by atoms with van der Waals surface area (Å²) >= 11 is 5.92. The number of aryl methyl sites for hydroxylation is 1. The van der Waals surface area contributed by atoms with E-state index in [-0.39, 0.29) is 5.91 Å². The summed E-state index contributed by atoms with van der Waals surface area (Å²) in [6, 6.07) is 22.9. The Morgan fingerprint density at radius 1 is 0.968 bits per heavy atom. The van der Waals surface area contributed by atoms with Crippen molar-refractivity contribution in [3.05, 3.63) is 94.5 Å². The van der Waals surface area contributed by atoms with Gasteiger partial charge in [-0.15, -0.1) is 0 Å². The van der Waals surface area contributed by atoms with Crippen molar-refractivity contribution in [3.8, 4) is 11.5 Å². The Kier molecular flexibility index (Phi) is 8.49. The van der Waals surface area contributed by atoms with E-state index in [9.17, 15) is 4.79 Å². The van der Waals surface area contributed by atoms with Crippen molar-refractivity contribution in [3.63, 3.8) is 0 Å². The molecule has 0 unspecified atom stereocenters. The molecule has 3 rings (SSSR count). The molecular weight excluding hydrogens is 412 g/mol. The summed E-state index contributed by atoms with van der Waals surface area (Å²) in [6.07, 6.45) is 2.64. The number of hydrogen-bond acceptors (Lipinski definition) is 4. The van der Waals surface area contributed by atoms with E-state index in [1.54, 1.807) is 6.21 Å². The number of nitrogens with zero attached hydrogens (tertiary/aromatic N) is 1. The van der Waals surface area contributed by atoms with E-state index >= 15 is 0 Å². The summed E-state index contributed by atoms with van der Waals surface area (Å²) in [4.78, 5) is 12.0. The van der Waals surface area contributed by atoms with Crippen LogP contribution in [0.25, 0.3) is 0 Å². The second kappa shape index (κ2) is 11.8. The van der Waals surface area contributed by atoms with E-state index in [1.807, 2.05) is 79.7 Å². The van der Waals surface area contributed by atoms with Gasteiger partial charge in [0.25, 0.3) is 0 Å². The first-order chi connectivity index (χ1) is 15.1. The smallest absolute Gasteiger partial charge is 0.240 e. The van der Waals surface area contributed by atoms with Crippen LogP contribution in [0.2, 0.25) is 5.02 Å². The Bertz CT molecular complexity index is 1010. The summed E-state index contributed by atoms with van der Waals surface area (Å²) in [5, 5.41) is 4.74. The standard InChI is InChI=1S/C25H25ClN2O3/c1-2-30-24-16-21(10-14-23(24)31-18-20-8-12-22(26)13-9-20)17-27-28-25(29)15-11-19-6-4-3-5-7-19/h3-10,12-14,16-17H,2,11,15,18H2,1H3,(H,28,29)/b27-17-. The van der Waals surface area contributed by atoms with Crippen LogP contribution < -0.4 is 14.9 Å². The van der Waals surface area contributed by atoms with Crippen molar-refractivity contribution in [2.24, 2.45) is 5.10 Å². The third-order valence-electron chi connectivity index (χ3n) is 4.46. The number of nitrogens with one attached hydrogen (secondary N) is 1. The molecule has 0 fully saturated rings. The number of benzene rings is 3. The highest BCUT2D eigenvalue weighted by atomic mass is 35.5. The SMILES string of the molecule is CCOc1cc(/C=N\NC(=O)CCc2ccccc2)ccc1OCc1ccc(Cl)cc1. The fraction of sp³-hybridized carbons (Fsp3) is 0.200. The van der Waals surface area contributed by atoms with E-state index in [1.165, 1.54) is 0 Å². The molecule has 0 aliphatic rings. The maximum atomic E-state index is 12.0. The molecule has 3 aromatic carbocycles. The predicted molar refractivity (Wildman–Crippen MR) is 124 cm³/mol. The highest BCUT2D eigenvalue weighted by Crippen LogP contribution is 2.29. The molecule has 6 heteroatoms. The zero-order valence-corrected chi connectivity index (χ0v) is 18.1. The molecule has 0 radical (unpaired) electrons. The van der Waals surface area contributed by atoms with Crippen molar-refractivity contribution in [1.29, 1.82) is 0 Å². The van der Waals surface area contributed by atoms with E-state index < -0.39 is 0 Å². The first kappa shape index (κ1) is 22.4. The van der Waals surface area contributed by atoms with E-state index in [0.717, 1.165) is 16.7 Å². The van der Waals surface area contributed by atoms with Crippen LogP contribution in [-0.2, 0) is 17.8 Å². The van der Waals surface area contributed by atoms with E-state index in [4.69, 9.17) is 21.1 Å². The van der Waals surface area contributed by atoms with Crippen molar-refractivity contribution in [2.45, 2.75) is 26.4 Å². The van der Waals surface area contributed by atoms with Gasteiger partial charge in [0.1, 0.15) is 6.61 Å². The van der Waals surface area contributed by atoms with Crippen LogP contribution in [0.5, 0.6) is 11.5 Å². The molecule has 0 aliphatic heterocycles. The first-order valence-corrected chi connectivity index (χ1v) is 10.5. The van der Waals surface area contributed by atoms with Gasteiger partial charge in [-0.25, -0.2) is 5.43 Å². The number of ether oxygens (including phenoxy) is 2. The number of amides is 1. The van der Waals surface area contributed by atoms with Crippen LogP contribution in [0.1, 0.15) is 30.0 Å². The molecular formula is C25H25ClN2O3. The average molecular weight is 437 g/mol. The van der Waals surface area contributed by atoms with Crippen molar-refractivity contribution in [2.75, 3.05) is 6.61 Å². The molecule has 0 saturated carbocycles. The van der Waals surface area contributed by atoms with Gasteiger partial charge in [-0.2, -0.15) is 5.10 Å². The lowest BCUT2D eigenvalue weighted by molar-refractivity contribution is -0.121. The lowest BCUT2D eigenvalue weighted by atomic mass is 10.1. The molecule has 160 valence electrons. The van der Waals surface area contributed by atoms with Crippen LogP contribution in [0.4, 0.5) is 0 Å². The van der Waals surface area contributed by atoms with Crippen LogP contribution in [0.3, 0.4) is 0 Å². The van der Waals surface area contributed by atoms with Gasteiger partial charge in [0.15, 0.2) is 11.5 Å². The van der Waals surface area contributed by atoms with Crippen molar-refractivity contribution < 1.29 is 14.3 Å². The number of hydrazone groups is 1. The third-order valence-corrected chi connectivity index (χ3v) is 4.71. The van der Waals surface area contributed by atoms with Crippen LogP contribution in [0.15, 0.2) is 77.9 Å². The van der Waals surface area contributed by atoms with E-state index in [2.05, 4.69) is 10.5 Å². The minimum atomic E-state index is -0.131. The summed E-state index contributed by atoms with van der Waals surface area (Å²) in [6.45, 7) is 2.83. The molecule has 0 spiro atoms. The van der Waals surface area contributed by atoms with Gasteiger partial charge >= 0.3 is 0 Å². The maximum absolute atomic E-state index is 12.0. The first-order valence-electron chi connectivity index (χ1n) is 10.1. The molecule has 1 amide bonds. The second-order valence-corrected chi connectivity index (χ2v) is 7.27. The largest absolute Gasteiger partial charge is 0.490 e. The monoisotopic (exact) mass is 436 g/mol. The minimum Gasteiger partial charge on any atom is -0.490 e. The quantitative estimate of drug-likeness (QED) is 0.342. The maximum Gasteiger partial charge on any atom is 0.240 e. The molecule has 3 aromatic rings. The molecule has 5 nitrogen and oxygen atoms in total. The van der Waals surface area contributed by atoms with Gasteiger partial charge in [0, 0.05) is 11.4 Å². The molecule has 31 heavy (non-hydrogen) atoms. The Morgan fingerprint density at radius 2 is 1.74 bits per heavy atom. The zero-order valence-electron chi connectivity index (χ0n) is 17.4. The summed E-state index contributed by atoms with van der Waals surface area (Å²) in [5.74, 6) is 1.13. The van der Waals surface area contributed by atoms with Crippen LogP contribution >= 0.6 is 11.6 Å². The summed E-state index contributed by atoms with van der Waals surface area (Å²) in [5.41, 5.74) is 5.50. The Labute approximate surface area is 187 Å². The molecule has 0 aromatic heterocycles. The minimum absolute atomic E-state index is 0.131. The average Bonchev–Trinajstić information content (AvgIpc) is 2.79. The fourth-order valence-electron chi connectivity index (χ4n) is 2.87. The normalized spacial score (nSPS) is 10.8. The molecule has 0 heterocycles. The molecule has 0 saturated heterocycles. The molecule has 0 bridgehead atoms. The number of carbonyl (C=O) groups excluding carboxylic acids is 1. The Morgan fingerprint density at radius 3 is 2.48 bits per heavy atom. The van der Waals surface area contributed by atoms with Crippen LogP contribution in [-0.4, -0.2) is 18.7 Å². The lowest BCUT2D eigenvalue weighted by Crippen LogP contribution is -2.17. The second-order valence-electron chi connectivity index (χ2n) is 6.83. The lowest BCUT2D eigenvalue weighted by Gasteiger charge is -2.12. The number of halogens is 1. The van der Waals surface area contributed by atoms with Crippen LogP contribution in [0, 0.1) is 0 Å².